The van der Waals surface area contributed by atoms with Crippen molar-refractivity contribution in [2.24, 2.45) is 10.8 Å². The lowest BCUT2D eigenvalue weighted by atomic mass is 9.96. The second-order valence-corrected chi connectivity index (χ2v) is 8.99. The van der Waals surface area contributed by atoms with E-state index in [-0.39, 0.29) is 22.4 Å². The van der Waals surface area contributed by atoms with E-state index in [2.05, 4.69) is 31.8 Å². The second-order valence-electron chi connectivity index (χ2n) is 8.08. The van der Waals surface area contributed by atoms with Crippen LogP contribution in [0.2, 0.25) is 0 Å². The van der Waals surface area contributed by atoms with Crippen LogP contribution >= 0.6 is 15.9 Å². The largest absolute Gasteiger partial charge is 0.497 e. The zero-order valence-electron chi connectivity index (χ0n) is 20.2. The molecule has 4 rings (SSSR count). The zero-order valence-corrected chi connectivity index (χ0v) is 21.8. The Morgan fingerprint density at radius 2 is 1.78 bits per heavy atom. The Bertz CT molecular complexity index is 1500. The first-order valence-electron chi connectivity index (χ1n) is 11.1. The van der Waals surface area contributed by atoms with Gasteiger partial charge in [-0.15, -0.1) is 0 Å². The SMILES string of the molecule is COc1ccc(OC)c(/C=C(/C(=O)N/N=C2\C(=O)Nc3c(C)cc(Br)cc32)c2ccccc2C(N)=O)c1. The summed E-state index contributed by atoms with van der Waals surface area (Å²) in [5.41, 5.74) is 11.1. The summed E-state index contributed by atoms with van der Waals surface area (Å²) in [4.78, 5) is 38.3. The van der Waals surface area contributed by atoms with Gasteiger partial charge < -0.3 is 20.5 Å². The highest BCUT2D eigenvalue weighted by molar-refractivity contribution is 9.10. The summed E-state index contributed by atoms with van der Waals surface area (Å²) in [5, 5.41) is 6.91. The van der Waals surface area contributed by atoms with Crippen molar-refractivity contribution in [1.82, 2.24) is 5.43 Å². The van der Waals surface area contributed by atoms with Crippen molar-refractivity contribution in [2.75, 3.05) is 19.5 Å². The zero-order chi connectivity index (χ0) is 26.7. The molecule has 0 aliphatic carbocycles. The number of nitrogens with two attached hydrogens (primary N) is 1. The first-order chi connectivity index (χ1) is 17.7. The van der Waals surface area contributed by atoms with Gasteiger partial charge in [0.25, 0.3) is 11.8 Å². The predicted octanol–water partition coefficient (Wildman–Crippen LogP) is 3.89. The average Bonchev–Trinajstić information content (AvgIpc) is 3.20. The Balaban J connectivity index is 1.82. The number of hydrazone groups is 1. The molecule has 0 saturated heterocycles. The molecule has 0 spiro atoms. The van der Waals surface area contributed by atoms with Crippen LogP contribution in [0.4, 0.5) is 5.69 Å². The quantitative estimate of drug-likeness (QED) is 0.228. The van der Waals surface area contributed by atoms with E-state index in [1.807, 2.05) is 13.0 Å². The lowest BCUT2D eigenvalue weighted by Crippen LogP contribution is -2.25. The number of halogens is 1. The molecule has 0 fully saturated rings. The Labute approximate surface area is 221 Å². The van der Waals surface area contributed by atoms with Crippen LogP contribution in [0.15, 0.2) is 64.2 Å². The molecule has 3 aromatic carbocycles. The first kappa shape index (κ1) is 25.6. The Kier molecular flexibility index (Phi) is 7.40. The van der Waals surface area contributed by atoms with Gasteiger partial charge in [-0.2, -0.15) is 5.10 Å². The minimum atomic E-state index is -0.706. The average molecular weight is 563 g/mol. The lowest BCUT2D eigenvalue weighted by molar-refractivity contribution is -0.115. The number of anilines is 1. The van der Waals surface area contributed by atoms with E-state index < -0.39 is 17.7 Å². The highest BCUT2D eigenvalue weighted by Crippen LogP contribution is 2.32. The molecule has 4 N–H and O–H groups in total. The van der Waals surface area contributed by atoms with Crippen molar-refractivity contribution in [3.63, 3.8) is 0 Å². The molecule has 0 unspecified atom stereocenters. The second kappa shape index (κ2) is 10.7. The van der Waals surface area contributed by atoms with Gasteiger partial charge in [-0.1, -0.05) is 34.1 Å². The maximum atomic E-state index is 13.5. The Morgan fingerprint density at radius 1 is 1.05 bits per heavy atom. The summed E-state index contributed by atoms with van der Waals surface area (Å²) in [6, 6.07) is 15.2. The van der Waals surface area contributed by atoms with Crippen LogP contribution < -0.4 is 25.9 Å². The first-order valence-corrected chi connectivity index (χ1v) is 11.9. The molecule has 9 nitrogen and oxygen atoms in total. The van der Waals surface area contributed by atoms with Crippen molar-refractivity contribution < 1.29 is 23.9 Å². The number of carbonyl (C=O) groups is 3. The third-order valence-corrected chi connectivity index (χ3v) is 6.20. The van der Waals surface area contributed by atoms with Crippen LogP contribution in [0.3, 0.4) is 0 Å². The molecular formula is C27H23BrN4O5. The molecule has 3 aromatic rings. The van der Waals surface area contributed by atoms with Gasteiger partial charge in [0.15, 0.2) is 5.71 Å². The third-order valence-electron chi connectivity index (χ3n) is 5.74. The topological polar surface area (TPSA) is 132 Å². The summed E-state index contributed by atoms with van der Waals surface area (Å²) in [7, 11) is 3.02. The number of ether oxygens (including phenoxy) is 2. The molecule has 0 aromatic heterocycles. The van der Waals surface area contributed by atoms with Crippen molar-refractivity contribution in [2.45, 2.75) is 6.92 Å². The van der Waals surface area contributed by atoms with Crippen LogP contribution in [0.5, 0.6) is 11.5 Å². The fourth-order valence-corrected chi connectivity index (χ4v) is 4.55. The molecule has 3 amide bonds. The fraction of sp³-hybridized carbons (Fsp3) is 0.111. The molecular weight excluding hydrogens is 540 g/mol. The van der Waals surface area contributed by atoms with E-state index in [9.17, 15) is 14.4 Å². The molecule has 0 saturated carbocycles. The molecule has 1 aliphatic heterocycles. The molecule has 37 heavy (non-hydrogen) atoms. The van der Waals surface area contributed by atoms with E-state index in [1.54, 1.807) is 48.5 Å². The molecule has 1 aliphatic rings. The van der Waals surface area contributed by atoms with Crippen LogP contribution in [0.1, 0.15) is 32.6 Å². The number of methoxy groups -OCH3 is 2. The summed E-state index contributed by atoms with van der Waals surface area (Å²) in [6.45, 7) is 1.86. The number of hydrogen-bond acceptors (Lipinski definition) is 6. The van der Waals surface area contributed by atoms with Gasteiger partial charge in [0.2, 0.25) is 5.91 Å². The monoisotopic (exact) mass is 562 g/mol. The highest BCUT2D eigenvalue weighted by atomic mass is 79.9. The van der Waals surface area contributed by atoms with Crippen LogP contribution in [0, 0.1) is 6.92 Å². The van der Waals surface area contributed by atoms with Gasteiger partial charge in [-0.3, -0.25) is 14.4 Å². The number of aryl methyl sites for hydroxylation is 1. The predicted molar refractivity (Wildman–Crippen MR) is 145 cm³/mol. The van der Waals surface area contributed by atoms with Gasteiger partial charge in [-0.05, 0) is 60.5 Å². The lowest BCUT2D eigenvalue weighted by Gasteiger charge is -2.13. The number of nitrogens with zero attached hydrogens (tertiary/aromatic N) is 1. The van der Waals surface area contributed by atoms with E-state index in [0.29, 0.717) is 28.3 Å². The molecule has 10 heteroatoms. The van der Waals surface area contributed by atoms with Crippen molar-refractivity contribution in [3.8, 4) is 11.5 Å². The molecule has 0 atom stereocenters. The van der Waals surface area contributed by atoms with E-state index in [4.69, 9.17) is 15.2 Å². The number of carbonyl (C=O) groups excluding carboxylic acids is 3. The maximum Gasteiger partial charge on any atom is 0.276 e. The number of nitrogens with one attached hydrogen (secondary N) is 2. The summed E-state index contributed by atoms with van der Waals surface area (Å²) in [5.74, 6) is -0.815. The van der Waals surface area contributed by atoms with Crippen molar-refractivity contribution in [3.05, 3.63) is 86.9 Å². The minimum Gasteiger partial charge on any atom is -0.497 e. The number of fused-ring (bicyclic) bond motifs is 1. The molecule has 0 bridgehead atoms. The molecule has 188 valence electrons. The molecule has 1 heterocycles. The van der Waals surface area contributed by atoms with E-state index >= 15 is 0 Å². The van der Waals surface area contributed by atoms with Gasteiger partial charge in [-0.25, -0.2) is 5.43 Å². The number of primary amides is 1. The number of hydrogen-bond donors (Lipinski definition) is 3. The maximum absolute atomic E-state index is 13.5. The van der Waals surface area contributed by atoms with E-state index in [0.717, 1.165) is 10.0 Å². The number of rotatable bonds is 7. The van der Waals surface area contributed by atoms with Gasteiger partial charge in [0.1, 0.15) is 11.5 Å². The fourth-order valence-electron chi connectivity index (χ4n) is 3.97. The summed E-state index contributed by atoms with van der Waals surface area (Å²) >= 11 is 3.42. The van der Waals surface area contributed by atoms with Crippen molar-refractivity contribution >= 4 is 56.7 Å². The van der Waals surface area contributed by atoms with Crippen LogP contribution in [-0.4, -0.2) is 37.7 Å². The molecule has 0 radical (unpaired) electrons. The normalized spacial score (nSPS) is 13.7. The van der Waals surface area contributed by atoms with E-state index in [1.165, 1.54) is 20.3 Å². The number of benzene rings is 3. The van der Waals surface area contributed by atoms with Crippen LogP contribution in [-0.2, 0) is 9.59 Å². The standard InChI is InChI=1S/C27H23BrN4O5/c1-14-10-16(28)13-21-23(14)30-27(35)24(21)31-32-26(34)20(18-6-4-5-7-19(18)25(29)33)12-15-11-17(36-2)8-9-22(15)37-3/h4-13H,1-3H3,(H2,29,33)(H,32,34)(H,30,31,35)/b20-12+. The van der Waals surface area contributed by atoms with Gasteiger partial charge >= 0.3 is 0 Å². The smallest absolute Gasteiger partial charge is 0.276 e. The Hall–Kier alpha value is -4.44. The van der Waals surface area contributed by atoms with Crippen LogP contribution in [0.25, 0.3) is 11.6 Å². The highest BCUT2D eigenvalue weighted by Gasteiger charge is 2.29. The third kappa shape index (κ3) is 5.24. The Morgan fingerprint density at radius 3 is 2.46 bits per heavy atom. The summed E-state index contributed by atoms with van der Waals surface area (Å²) < 4.78 is 11.5. The van der Waals surface area contributed by atoms with Gasteiger partial charge in [0.05, 0.1) is 19.9 Å². The van der Waals surface area contributed by atoms with Gasteiger partial charge in [0, 0.05) is 26.7 Å². The number of amides is 3. The summed E-state index contributed by atoms with van der Waals surface area (Å²) in [6.07, 6.45) is 1.54. The van der Waals surface area contributed by atoms with Crippen molar-refractivity contribution in [1.29, 1.82) is 0 Å². The minimum absolute atomic E-state index is 0.0502.